The first kappa shape index (κ1) is 13.9. The molecule has 1 aromatic rings. The van der Waals surface area contributed by atoms with E-state index in [0.717, 1.165) is 33.3 Å². The Morgan fingerprint density at radius 1 is 1.44 bits per heavy atom. The van der Waals surface area contributed by atoms with Crippen LogP contribution in [0.5, 0.6) is 5.75 Å². The standard InChI is InChI=1S/C13H14Br2O3/c1-2-17-10(16)4-3-8-7-9-5-6-18-13(9)12(15)11(8)14/h7H,2-6H2,1H3. The fraction of sp³-hybridized carbons (Fsp3) is 0.462. The van der Waals surface area contributed by atoms with Crippen molar-refractivity contribution in [1.29, 1.82) is 0 Å². The van der Waals surface area contributed by atoms with Crippen LogP contribution in [0.15, 0.2) is 15.0 Å². The second kappa shape index (κ2) is 6.06. The summed E-state index contributed by atoms with van der Waals surface area (Å²) in [5.41, 5.74) is 2.31. The summed E-state index contributed by atoms with van der Waals surface area (Å²) in [5.74, 6) is 0.763. The molecule has 0 radical (unpaired) electrons. The van der Waals surface area contributed by atoms with Crippen molar-refractivity contribution >= 4 is 37.8 Å². The minimum atomic E-state index is -0.155. The molecule has 2 rings (SSSR count). The zero-order valence-corrected chi connectivity index (χ0v) is 13.3. The molecular formula is C13H14Br2O3. The maximum Gasteiger partial charge on any atom is 0.306 e. The first-order valence-corrected chi connectivity index (χ1v) is 7.50. The average molecular weight is 378 g/mol. The number of benzene rings is 1. The van der Waals surface area contributed by atoms with Crippen LogP contribution in [0.2, 0.25) is 0 Å². The molecule has 5 heteroatoms. The van der Waals surface area contributed by atoms with Gasteiger partial charge in [0.15, 0.2) is 0 Å². The highest BCUT2D eigenvalue weighted by Crippen LogP contribution is 2.41. The number of fused-ring (bicyclic) bond motifs is 1. The third-order valence-corrected chi connectivity index (χ3v) is 5.03. The van der Waals surface area contributed by atoms with Gasteiger partial charge in [0, 0.05) is 17.3 Å². The molecule has 0 amide bonds. The Balaban J connectivity index is 2.14. The lowest BCUT2D eigenvalue weighted by molar-refractivity contribution is -0.143. The second-order valence-electron chi connectivity index (χ2n) is 4.06. The summed E-state index contributed by atoms with van der Waals surface area (Å²) in [7, 11) is 0. The van der Waals surface area contributed by atoms with Crippen molar-refractivity contribution in [3.63, 3.8) is 0 Å². The van der Waals surface area contributed by atoms with E-state index < -0.39 is 0 Å². The van der Waals surface area contributed by atoms with Gasteiger partial charge in [-0.1, -0.05) is 6.07 Å². The van der Waals surface area contributed by atoms with Crippen LogP contribution in [0.25, 0.3) is 0 Å². The Morgan fingerprint density at radius 2 is 2.22 bits per heavy atom. The minimum Gasteiger partial charge on any atom is -0.492 e. The number of esters is 1. The van der Waals surface area contributed by atoms with E-state index in [1.165, 1.54) is 5.56 Å². The highest BCUT2D eigenvalue weighted by molar-refractivity contribution is 9.13. The third-order valence-electron chi connectivity index (χ3n) is 2.84. The van der Waals surface area contributed by atoms with Crippen LogP contribution < -0.4 is 4.74 Å². The van der Waals surface area contributed by atoms with Gasteiger partial charge in [0.25, 0.3) is 0 Å². The van der Waals surface area contributed by atoms with Gasteiger partial charge in [-0.15, -0.1) is 0 Å². The Kier molecular flexibility index (Phi) is 4.67. The van der Waals surface area contributed by atoms with Crippen LogP contribution in [0.4, 0.5) is 0 Å². The number of hydrogen-bond acceptors (Lipinski definition) is 3. The average Bonchev–Trinajstić information content (AvgIpc) is 2.80. The van der Waals surface area contributed by atoms with Gasteiger partial charge in [0.05, 0.1) is 17.7 Å². The van der Waals surface area contributed by atoms with Crippen LogP contribution in [-0.2, 0) is 22.4 Å². The second-order valence-corrected chi connectivity index (χ2v) is 5.64. The Labute approximate surface area is 123 Å². The molecule has 3 nitrogen and oxygen atoms in total. The molecule has 18 heavy (non-hydrogen) atoms. The van der Waals surface area contributed by atoms with Crippen molar-refractivity contribution < 1.29 is 14.3 Å². The topological polar surface area (TPSA) is 35.5 Å². The molecule has 0 atom stereocenters. The van der Waals surface area contributed by atoms with E-state index in [2.05, 4.69) is 37.9 Å². The Morgan fingerprint density at radius 3 is 2.94 bits per heavy atom. The van der Waals surface area contributed by atoms with Crippen molar-refractivity contribution in [1.82, 2.24) is 0 Å². The number of halogens is 2. The third kappa shape index (κ3) is 2.88. The SMILES string of the molecule is CCOC(=O)CCc1cc2c(c(Br)c1Br)OCC2. The fourth-order valence-electron chi connectivity index (χ4n) is 1.98. The van der Waals surface area contributed by atoms with Crippen molar-refractivity contribution in [3.8, 4) is 5.75 Å². The first-order valence-electron chi connectivity index (χ1n) is 5.91. The van der Waals surface area contributed by atoms with E-state index in [0.29, 0.717) is 19.4 Å². The smallest absolute Gasteiger partial charge is 0.306 e. The lowest BCUT2D eigenvalue weighted by Gasteiger charge is -2.10. The summed E-state index contributed by atoms with van der Waals surface area (Å²) >= 11 is 7.08. The summed E-state index contributed by atoms with van der Waals surface area (Å²) in [6.45, 7) is 2.97. The van der Waals surface area contributed by atoms with Gasteiger partial charge in [0.2, 0.25) is 0 Å². The van der Waals surface area contributed by atoms with Crippen LogP contribution in [0.3, 0.4) is 0 Å². The van der Waals surface area contributed by atoms with Crippen molar-refractivity contribution in [2.45, 2.75) is 26.2 Å². The predicted octanol–water partition coefficient (Wildman–Crippen LogP) is 3.64. The minimum absolute atomic E-state index is 0.155. The van der Waals surface area contributed by atoms with Crippen LogP contribution in [0.1, 0.15) is 24.5 Å². The molecule has 0 unspecified atom stereocenters. The summed E-state index contributed by atoms with van der Waals surface area (Å²) < 4.78 is 12.4. The molecule has 0 aromatic heterocycles. The largest absolute Gasteiger partial charge is 0.492 e. The molecule has 0 fully saturated rings. The molecule has 0 N–H and O–H groups in total. The number of carbonyl (C=O) groups excluding carboxylic acids is 1. The van der Waals surface area contributed by atoms with Crippen LogP contribution >= 0.6 is 31.9 Å². The summed E-state index contributed by atoms with van der Waals surface area (Å²) in [5, 5.41) is 0. The number of rotatable bonds is 4. The molecule has 0 spiro atoms. The summed E-state index contributed by atoms with van der Waals surface area (Å²) in [6.07, 6.45) is 2.00. The molecule has 0 aliphatic carbocycles. The molecule has 0 saturated heterocycles. The number of hydrogen-bond donors (Lipinski definition) is 0. The van der Waals surface area contributed by atoms with E-state index in [1.807, 2.05) is 6.92 Å². The lowest BCUT2D eigenvalue weighted by atomic mass is 10.0. The van der Waals surface area contributed by atoms with Crippen molar-refractivity contribution in [2.24, 2.45) is 0 Å². The molecule has 1 aliphatic heterocycles. The number of carbonyl (C=O) groups is 1. The summed E-state index contributed by atoms with van der Waals surface area (Å²) in [6, 6.07) is 2.11. The normalized spacial score (nSPS) is 13.1. The predicted molar refractivity (Wildman–Crippen MR) is 76.0 cm³/mol. The van der Waals surface area contributed by atoms with Gasteiger partial charge < -0.3 is 9.47 Å². The van der Waals surface area contributed by atoms with Crippen LogP contribution in [-0.4, -0.2) is 19.2 Å². The maximum absolute atomic E-state index is 11.4. The van der Waals surface area contributed by atoms with Gasteiger partial charge in [-0.05, 0) is 56.3 Å². The van der Waals surface area contributed by atoms with Crippen LogP contribution in [0, 0.1) is 0 Å². The molecule has 1 heterocycles. The molecular weight excluding hydrogens is 364 g/mol. The molecule has 0 saturated carbocycles. The molecule has 1 aromatic carbocycles. The van der Waals surface area contributed by atoms with Crippen molar-refractivity contribution in [3.05, 3.63) is 26.1 Å². The van der Waals surface area contributed by atoms with Gasteiger partial charge in [-0.25, -0.2) is 0 Å². The quantitative estimate of drug-likeness (QED) is 0.751. The van der Waals surface area contributed by atoms with Gasteiger partial charge in [0.1, 0.15) is 5.75 Å². The zero-order valence-electron chi connectivity index (χ0n) is 10.1. The Hall–Kier alpha value is -0.550. The molecule has 98 valence electrons. The number of ether oxygens (including phenoxy) is 2. The first-order chi connectivity index (χ1) is 8.63. The van der Waals surface area contributed by atoms with Gasteiger partial charge >= 0.3 is 5.97 Å². The van der Waals surface area contributed by atoms with E-state index in [9.17, 15) is 4.79 Å². The molecule has 1 aliphatic rings. The highest BCUT2D eigenvalue weighted by Gasteiger charge is 2.20. The Bertz CT molecular complexity index is 472. The van der Waals surface area contributed by atoms with Gasteiger partial charge in [-0.3, -0.25) is 4.79 Å². The highest BCUT2D eigenvalue weighted by atomic mass is 79.9. The van der Waals surface area contributed by atoms with Gasteiger partial charge in [-0.2, -0.15) is 0 Å². The number of aryl methyl sites for hydroxylation is 1. The molecule has 0 bridgehead atoms. The zero-order chi connectivity index (χ0) is 13.1. The van der Waals surface area contributed by atoms with E-state index >= 15 is 0 Å². The summed E-state index contributed by atoms with van der Waals surface area (Å²) in [4.78, 5) is 11.4. The fourth-order valence-corrected chi connectivity index (χ4v) is 3.09. The lowest BCUT2D eigenvalue weighted by Crippen LogP contribution is -2.05. The van der Waals surface area contributed by atoms with E-state index in [4.69, 9.17) is 9.47 Å². The monoisotopic (exact) mass is 376 g/mol. The van der Waals surface area contributed by atoms with E-state index in [-0.39, 0.29) is 5.97 Å². The maximum atomic E-state index is 11.4. The van der Waals surface area contributed by atoms with Crippen molar-refractivity contribution in [2.75, 3.05) is 13.2 Å². The van der Waals surface area contributed by atoms with E-state index in [1.54, 1.807) is 0 Å².